The summed E-state index contributed by atoms with van der Waals surface area (Å²) in [7, 11) is 3.32. The molecule has 1 aliphatic heterocycles. The Morgan fingerprint density at radius 2 is 2.09 bits per heavy atom. The topological polar surface area (TPSA) is 91.5 Å². The number of piperidine rings is 1. The number of hydrogen-bond acceptors (Lipinski definition) is 7. The van der Waals surface area contributed by atoms with Gasteiger partial charge in [-0.2, -0.15) is 4.73 Å². The van der Waals surface area contributed by atoms with Gasteiger partial charge in [0.05, 0.1) is 25.0 Å². The standard InChI is InChI=1S/C25H28N4O4S/c1-32-13-14-34-25-26-16-22(19-5-3-7-21(15-19)33-2)23(27-25)20-6-4-10-28(17-20)24(30)18-8-11-29(31)12-9-18/h3,5,7-9,11-12,15-16,20H,4,6,10,13-14,17H2,1-2H3/t20-/m0/s1. The zero-order valence-electron chi connectivity index (χ0n) is 19.3. The highest BCUT2D eigenvalue weighted by molar-refractivity contribution is 7.99. The van der Waals surface area contributed by atoms with Crippen LogP contribution in [0.25, 0.3) is 11.1 Å². The van der Waals surface area contributed by atoms with E-state index in [4.69, 9.17) is 14.5 Å². The summed E-state index contributed by atoms with van der Waals surface area (Å²) in [6.07, 6.45) is 6.37. The molecule has 0 radical (unpaired) electrons. The van der Waals surface area contributed by atoms with Crippen LogP contribution in [0.1, 0.15) is 34.8 Å². The number of rotatable bonds is 8. The fourth-order valence-electron chi connectivity index (χ4n) is 4.11. The van der Waals surface area contributed by atoms with Crippen LogP contribution in [0.15, 0.2) is 60.1 Å². The van der Waals surface area contributed by atoms with Crippen LogP contribution in [0.2, 0.25) is 0 Å². The number of nitrogens with zero attached hydrogens (tertiary/aromatic N) is 4. The maximum Gasteiger partial charge on any atom is 0.254 e. The molecule has 1 amide bonds. The van der Waals surface area contributed by atoms with Crippen molar-refractivity contribution in [3.8, 4) is 16.9 Å². The number of carbonyl (C=O) groups is 1. The van der Waals surface area contributed by atoms with Crippen molar-refractivity contribution < 1.29 is 19.0 Å². The molecule has 0 unspecified atom stereocenters. The Labute approximate surface area is 203 Å². The van der Waals surface area contributed by atoms with E-state index in [1.165, 1.54) is 12.4 Å². The number of benzene rings is 1. The number of carbonyl (C=O) groups excluding carboxylic acids is 1. The van der Waals surface area contributed by atoms with E-state index in [9.17, 15) is 10.0 Å². The van der Waals surface area contributed by atoms with Crippen LogP contribution in [0.3, 0.4) is 0 Å². The highest BCUT2D eigenvalue weighted by Crippen LogP contribution is 2.35. The minimum absolute atomic E-state index is 0.0665. The van der Waals surface area contributed by atoms with E-state index in [-0.39, 0.29) is 11.8 Å². The van der Waals surface area contributed by atoms with Crippen molar-refractivity contribution in [3.05, 3.63) is 71.5 Å². The third-order valence-corrected chi connectivity index (χ3v) is 6.67. The Balaban J connectivity index is 1.64. The third-order valence-electron chi connectivity index (χ3n) is 5.84. The molecule has 8 nitrogen and oxygen atoms in total. The molecule has 1 fully saturated rings. The van der Waals surface area contributed by atoms with Gasteiger partial charge in [-0.25, -0.2) is 9.97 Å². The normalized spacial score (nSPS) is 15.8. The van der Waals surface area contributed by atoms with Crippen molar-refractivity contribution in [2.45, 2.75) is 23.9 Å². The first-order chi connectivity index (χ1) is 16.6. The number of ether oxygens (including phenoxy) is 2. The second kappa shape index (κ2) is 11.3. The van der Waals surface area contributed by atoms with Crippen LogP contribution >= 0.6 is 11.8 Å². The first-order valence-electron chi connectivity index (χ1n) is 11.2. The number of likely N-dealkylation sites (tertiary alicyclic amines) is 1. The molecule has 0 spiro atoms. The smallest absolute Gasteiger partial charge is 0.254 e. The highest BCUT2D eigenvalue weighted by atomic mass is 32.2. The molecule has 178 valence electrons. The summed E-state index contributed by atoms with van der Waals surface area (Å²) in [6, 6.07) is 11.0. The molecule has 3 aromatic rings. The molecular weight excluding hydrogens is 452 g/mol. The largest absolute Gasteiger partial charge is 0.619 e. The number of aromatic nitrogens is 3. The van der Waals surface area contributed by atoms with E-state index < -0.39 is 0 Å². The van der Waals surface area contributed by atoms with Gasteiger partial charge in [-0.15, -0.1) is 0 Å². The molecule has 3 heterocycles. The lowest BCUT2D eigenvalue weighted by molar-refractivity contribution is -0.605. The number of hydrogen-bond donors (Lipinski definition) is 0. The van der Waals surface area contributed by atoms with Crippen molar-refractivity contribution in [2.75, 3.05) is 39.7 Å². The number of amides is 1. The fourth-order valence-corrected chi connectivity index (χ4v) is 4.83. The third kappa shape index (κ3) is 5.66. The zero-order valence-corrected chi connectivity index (χ0v) is 20.2. The molecular formula is C25H28N4O4S. The maximum absolute atomic E-state index is 13.1. The molecule has 1 saturated heterocycles. The molecule has 0 bridgehead atoms. The van der Waals surface area contributed by atoms with Crippen molar-refractivity contribution in [1.82, 2.24) is 14.9 Å². The van der Waals surface area contributed by atoms with Gasteiger partial charge < -0.3 is 19.6 Å². The molecule has 1 aromatic carbocycles. The Morgan fingerprint density at radius 1 is 1.26 bits per heavy atom. The quantitative estimate of drug-likeness (QED) is 0.160. The highest BCUT2D eigenvalue weighted by Gasteiger charge is 2.29. The average Bonchev–Trinajstić information content (AvgIpc) is 2.89. The van der Waals surface area contributed by atoms with Gasteiger partial charge in [0.1, 0.15) is 5.75 Å². The van der Waals surface area contributed by atoms with Gasteiger partial charge in [0.15, 0.2) is 17.6 Å². The van der Waals surface area contributed by atoms with E-state index in [0.717, 1.165) is 41.2 Å². The molecule has 0 aliphatic carbocycles. The van der Waals surface area contributed by atoms with Crippen LogP contribution in [-0.2, 0) is 4.74 Å². The minimum Gasteiger partial charge on any atom is -0.619 e. The van der Waals surface area contributed by atoms with Crippen molar-refractivity contribution in [2.24, 2.45) is 0 Å². The zero-order chi connectivity index (χ0) is 23.9. The van der Waals surface area contributed by atoms with Crippen molar-refractivity contribution in [3.63, 3.8) is 0 Å². The molecule has 0 saturated carbocycles. The summed E-state index contributed by atoms with van der Waals surface area (Å²) in [5.41, 5.74) is 3.38. The van der Waals surface area contributed by atoms with Gasteiger partial charge in [0.25, 0.3) is 5.91 Å². The van der Waals surface area contributed by atoms with Crippen LogP contribution in [0, 0.1) is 5.21 Å². The lowest BCUT2D eigenvalue weighted by Gasteiger charge is -2.33. The second-order valence-electron chi connectivity index (χ2n) is 8.06. The van der Waals surface area contributed by atoms with Gasteiger partial charge in [-0.1, -0.05) is 23.9 Å². The Morgan fingerprint density at radius 3 is 2.85 bits per heavy atom. The lowest BCUT2D eigenvalue weighted by Crippen LogP contribution is -2.40. The van der Waals surface area contributed by atoms with Gasteiger partial charge in [-0.3, -0.25) is 4.79 Å². The van der Waals surface area contributed by atoms with Gasteiger partial charge in [0.2, 0.25) is 0 Å². The van der Waals surface area contributed by atoms with Gasteiger partial charge in [-0.05, 0) is 30.5 Å². The first kappa shape index (κ1) is 24.0. The van der Waals surface area contributed by atoms with Crippen LogP contribution in [0.5, 0.6) is 5.75 Å². The van der Waals surface area contributed by atoms with Crippen molar-refractivity contribution in [1.29, 1.82) is 0 Å². The molecule has 9 heteroatoms. The van der Waals surface area contributed by atoms with E-state index in [0.29, 0.717) is 35.1 Å². The predicted molar refractivity (Wildman–Crippen MR) is 130 cm³/mol. The van der Waals surface area contributed by atoms with Gasteiger partial charge in [0, 0.05) is 55.8 Å². The molecule has 2 aromatic heterocycles. The maximum atomic E-state index is 13.1. The molecule has 0 N–H and O–H groups in total. The molecule has 34 heavy (non-hydrogen) atoms. The molecule has 1 aliphatic rings. The fraction of sp³-hybridized carbons (Fsp3) is 0.360. The number of thioether (sulfide) groups is 1. The molecule has 4 rings (SSSR count). The van der Waals surface area contributed by atoms with E-state index in [1.807, 2.05) is 35.4 Å². The summed E-state index contributed by atoms with van der Waals surface area (Å²) in [5, 5.41) is 12.1. The summed E-state index contributed by atoms with van der Waals surface area (Å²) < 4.78 is 11.3. The SMILES string of the molecule is COCCSc1ncc(-c2cccc(OC)c2)c([C@H]2CCCN(C(=O)c3cc[n+]([O-])cc3)C2)n1. The first-order valence-corrected chi connectivity index (χ1v) is 12.2. The summed E-state index contributed by atoms with van der Waals surface area (Å²) in [6.45, 7) is 1.85. The van der Waals surface area contributed by atoms with Crippen LogP contribution in [-0.4, -0.2) is 60.4 Å². The van der Waals surface area contributed by atoms with E-state index in [1.54, 1.807) is 38.1 Å². The van der Waals surface area contributed by atoms with Crippen molar-refractivity contribution >= 4 is 17.7 Å². The second-order valence-corrected chi connectivity index (χ2v) is 9.12. The monoisotopic (exact) mass is 480 g/mol. The number of pyridine rings is 1. The van der Waals surface area contributed by atoms with Crippen LogP contribution < -0.4 is 9.47 Å². The molecule has 1 atom stereocenters. The van der Waals surface area contributed by atoms with Gasteiger partial charge >= 0.3 is 0 Å². The number of methoxy groups -OCH3 is 2. The van der Waals surface area contributed by atoms with Crippen LogP contribution in [0.4, 0.5) is 0 Å². The Kier molecular flexibility index (Phi) is 7.97. The summed E-state index contributed by atoms with van der Waals surface area (Å²) >= 11 is 1.56. The average molecular weight is 481 g/mol. The predicted octanol–water partition coefficient (Wildman–Crippen LogP) is 3.54. The minimum atomic E-state index is -0.0722. The Bertz CT molecular complexity index is 1130. The summed E-state index contributed by atoms with van der Waals surface area (Å²) in [5.74, 6) is 1.52. The Hall–Kier alpha value is -3.17. The lowest BCUT2D eigenvalue weighted by atomic mass is 9.89. The van der Waals surface area contributed by atoms with E-state index >= 15 is 0 Å². The summed E-state index contributed by atoms with van der Waals surface area (Å²) in [4.78, 5) is 24.5. The van der Waals surface area contributed by atoms with E-state index in [2.05, 4.69) is 4.98 Å².